The van der Waals surface area contributed by atoms with Crippen molar-refractivity contribution in [3.63, 3.8) is 0 Å². The van der Waals surface area contributed by atoms with E-state index in [0.29, 0.717) is 6.84 Å². The third-order valence-corrected chi connectivity index (χ3v) is 8.12. The van der Waals surface area contributed by atoms with Crippen molar-refractivity contribution < 1.29 is 0 Å². The van der Waals surface area contributed by atoms with Gasteiger partial charge in [-0.1, -0.05) is 76.8 Å². The Morgan fingerprint density at radius 1 is 1.22 bits per heavy atom. The molecule has 100 valence electrons. The average molecular weight is 580 g/mol. The van der Waals surface area contributed by atoms with E-state index in [0.717, 1.165) is 17.8 Å². The van der Waals surface area contributed by atoms with Crippen molar-refractivity contribution in [2.24, 2.45) is 23.2 Å². The van der Waals surface area contributed by atoms with Crippen LogP contribution in [0.4, 0.5) is 0 Å². The number of halogens is 3. The summed E-state index contributed by atoms with van der Waals surface area (Å²) in [6, 6.07) is 0. The minimum Gasteiger partial charge on any atom is -0.0672 e. The van der Waals surface area contributed by atoms with Gasteiger partial charge in [-0.05, 0) is 75.0 Å². The zero-order chi connectivity index (χ0) is 13.1. The first kappa shape index (κ1) is 14.6. The molecule has 0 nitrogen and oxygen atoms in total. The van der Waals surface area contributed by atoms with Crippen molar-refractivity contribution >= 4 is 67.8 Å². The number of hydrogen-bond donors (Lipinski definition) is 0. The van der Waals surface area contributed by atoms with Crippen LogP contribution in [-0.2, 0) is 0 Å². The number of allylic oxidation sites excluding steroid dienone is 4. The van der Waals surface area contributed by atoms with Crippen LogP contribution in [0.1, 0.15) is 39.5 Å². The first-order valence-electron chi connectivity index (χ1n) is 6.75. The van der Waals surface area contributed by atoms with Crippen LogP contribution in [0.3, 0.4) is 0 Å². The fraction of sp³-hybridized carbons (Fsp3) is 0.733. The molecule has 0 bridgehead atoms. The first-order chi connectivity index (χ1) is 8.31. The number of hydrogen-bond acceptors (Lipinski definition) is 0. The molecule has 0 N–H and O–H groups in total. The molecule has 0 radical (unpaired) electrons. The van der Waals surface area contributed by atoms with E-state index in [1.54, 1.807) is 9.15 Å². The van der Waals surface area contributed by atoms with Gasteiger partial charge in [-0.15, -0.1) is 0 Å². The Hall–Kier alpha value is 1.67. The molecule has 0 amide bonds. The smallest absolute Gasteiger partial charge is 0.0672 e. The maximum absolute atomic E-state index is 2.69. The zero-order valence-corrected chi connectivity index (χ0v) is 17.3. The van der Waals surface area contributed by atoms with Gasteiger partial charge in [0.1, 0.15) is 0 Å². The van der Waals surface area contributed by atoms with E-state index in [1.165, 1.54) is 25.7 Å². The Balaban J connectivity index is 1.98. The summed E-state index contributed by atoms with van der Waals surface area (Å²) in [6.07, 6.45) is 10.3. The fourth-order valence-corrected chi connectivity index (χ4v) is 6.52. The second-order valence-electron chi connectivity index (χ2n) is 6.67. The summed E-state index contributed by atoms with van der Waals surface area (Å²) in [5.74, 6) is 2.58. The monoisotopic (exact) mass is 580 g/mol. The molecule has 0 aromatic heterocycles. The summed E-state index contributed by atoms with van der Waals surface area (Å²) in [4.78, 5) is 0. The van der Waals surface area contributed by atoms with E-state index in [-0.39, 0.29) is 0 Å². The van der Waals surface area contributed by atoms with Crippen molar-refractivity contribution in [1.82, 2.24) is 0 Å². The Labute approximate surface area is 151 Å². The molecule has 2 fully saturated rings. The Morgan fingerprint density at radius 2 is 1.94 bits per heavy atom. The van der Waals surface area contributed by atoms with E-state index in [4.69, 9.17) is 0 Å². The maximum Gasteiger partial charge on any atom is 0.0738 e. The fourth-order valence-electron chi connectivity index (χ4n) is 4.33. The molecule has 2 saturated carbocycles. The van der Waals surface area contributed by atoms with Gasteiger partial charge in [-0.25, -0.2) is 0 Å². The van der Waals surface area contributed by atoms with Crippen molar-refractivity contribution in [2.45, 2.75) is 41.0 Å². The largest absolute Gasteiger partial charge is 0.0738 e. The SMILES string of the molecule is CC1(C)C2CC(I)=CC=C2C2CCC(I)(I)CC21. The van der Waals surface area contributed by atoms with Crippen LogP contribution in [0.2, 0.25) is 0 Å². The number of alkyl halides is 2. The molecule has 3 atom stereocenters. The van der Waals surface area contributed by atoms with Crippen molar-refractivity contribution in [3.8, 4) is 0 Å². The van der Waals surface area contributed by atoms with E-state index in [1.807, 2.05) is 0 Å². The predicted octanol–water partition coefficient (Wildman–Crippen LogP) is 6.27. The molecular formula is C15H19I3. The van der Waals surface area contributed by atoms with Crippen LogP contribution in [0, 0.1) is 23.2 Å². The molecule has 3 aliphatic rings. The van der Waals surface area contributed by atoms with Crippen LogP contribution in [-0.4, -0.2) is 1.43 Å². The number of fused-ring (bicyclic) bond motifs is 3. The summed E-state index contributed by atoms with van der Waals surface area (Å²) < 4.78 is 2.05. The molecule has 3 rings (SSSR count). The molecule has 0 aromatic rings. The molecule has 0 aromatic carbocycles. The zero-order valence-electron chi connectivity index (χ0n) is 10.8. The van der Waals surface area contributed by atoms with Gasteiger partial charge in [0.25, 0.3) is 0 Å². The summed E-state index contributed by atoms with van der Waals surface area (Å²) >= 11 is 7.91. The molecule has 3 unspecified atom stereocenters. The molecule has 0 spiro atoms. The van der Waals surface area contributed by atoms with Gasteiger partial charge in [0.15, 0.2) is 0 Å². The van der Waals surface area contributed by atoms with E-state index in [9.17, 15) is 0 Å². The van der Waals surface area contributed by atoms with Gasteiger partial charge in [0.2, 0.25) is 0 Å². The van der Waals surface area contributed by atoms with E-state index in [2.05, 4.69) is 93.8 Å². The summed E-state index contributed by atoms with van der Waals surface area (Å²) in [5.41, 5.74) is 2.28. The highest BCUT2D eigenvalue weighted by molar-refractivity contribution is 14.2. The van der Waals surface area contributed by atoms with Crippen LogP contribution in [0.25, 0.3) is 0 Å². The lowest BCUT2D eigenvalue weighted by Gasteiger charge is -2.41. The van der Waals surface area contributed by atoms with Crippen LogP contribution >= 0.6 is 67.8 Å². The third kappa shape index (κ3) is 2.35. The standard InChI is InChI=1S/C15H19I3/c1-14(2)12-7-9(16)3-4-10(12)11-5-6-15(17,18)8-13(11)14/h3-4,11-13H,5-8H2,1-2H3. The summed E-state index contributed by atoms with van der Waals surface area (Å²) in [7, 11) is 0. The highest BCUT2D eigenvalue weighted by Crippen LogP contribution is 2.64. The van der Waals surface area contributed by atoms with Crippen LogP contribution < -0.4 is 0 Å². The van der Waals surface area contributed by atoms with Gasteiger partial charge < -0.3 is 0 Å². The highest BCUT2D eigenvalue weighted by Gasteiger charge is 2.55. The van der Waals surface area contributed by atoms with Crippen molar-refractivity contribution in [1.29, 1.82) is 0 Å². The highest BCUT2D eigenvalue weighted by atomic mass is 127. The molecule has 0 saturated heterocycles. The maximum atomic E-state index is 2.69. The molecule has 3 aliphatic carbocycles. The number of rotatable bonds is 0. The summed E-state index contributed by atoms with van der Waals surface area (Å²) in [5, 5.41) is 0. The van der Waals surface area contributed by atoms with E-state index >= 15 is 0 Å². The molecule has 3 heteroatoms. The normalized spacial score (nSPS) is 40.6. The Morgan fingerprint density at radius 3 is 2.67 bits per heavy atom. The molecule has 0 heterocycles. The lowest BCUT2D eigenvalue weighted by atomic mass is 9.69. The lowest BCUT2D eigenvalue weighted by molar-refractivity contribution is 0.138. The van der Waals surface area contributed by atoms with Crippen LogP contribution in [0.15, 0.2) is 21.3 Å². The second kappa shape index (κ2) is 4.85. The van der Waals surface area contributed by atoms with Gasteiger partial charge in [0.05, 0.1) is 1.43 Å². The molecule has 18 heavy (non-hydrogen) atoms. The minimum atomic E-state index is 0.489. The quantitative estimate of drug-likeness (QED) is 0.234. The average Bonchev–Trinajstić information content (AvgIpc) is 2.47. The summed E-state index contributed by atoms with van der Waals surface area (Å²) in [6.45, 7) is 5.06. The Bertz CT molecular complexity index is 431. The van der Waals surface area contributed by atoms with Crippen molar-refractivity contribution in [2.75, 3.05) is 0 Å². The topological polar surface area (TPSA) is 0 Å². The minimum absolute atomic E-state index is 0.489. The third-order valence-electron chi connectivity index (χ3n) is 5.37. The van der Waals surface area contributed by atoms with Gasteiger partial charge in [-0.3, -0.25) is 0 Å². The van der Waals surface area contributed by atoms with Crippen molar-refractivity contribution in [3.05, 3.63) is 21.3 Å². The second-order valence-corrected chi connectivity index (χ2v) is 14.2. The lowest BCUT2D eigenvalue weighted by Crippen LogP contribution is -2.35. The van der Waals surface area contributed by atoms with Gasteiger partial charge in [0, 0.05) is 0 Å². The van der Waals surface area contributed by atoms with Gasteiger partial charge >= 0.3 is 0 Å². The molecule has 0 aliphatic heterocycles. The van der Waals surface area contributed by atoms with Crippen LogP contribution in [0.5, 0.6) is 0 Å². The van der Waals surface area contributed by atoms with Gasteiger partial charge in [-0.2, -0.15) is 0 Å². The molecular weight excluding hydrogens is 561 g/mol. The van der Waals surface area contributed by atoms with E-state index < -0.39 is 0 Å². The Kier molecular flexibility index (Phi) is 3.93. The predicted molar refractivity (Wildman–Crippen MR) is 104 cm³/mol. The first-order valence-corrected chi connectivity index (χ1v) is 9.99.